The van der Waals surface area contributed by atoms with Gasteiger partial charge in [-0.05, 0) is 56.3 Å². The first-order chi connectivity index (χ1) is 14.0. The second-order valence-electron chi connectivity index (χ2n) is 7.26. The zero-order valence-corrected chi connectivity index (χ0v) is 16.7. The summed E-state index contributed by atoms with van der Waals surface area (Å²) in [5, 5.41) is 2.92. The van der Waals surface area contributed by atoms with Crippen molar-refractivity contribution in [3.8, 4) is 0 Å². The number of hydrogen-bond acceptors (Lipinski definition) is 6. The highest BCUT2D eigenvalue weighted by atomic mass is 32.2. The van der Waals surface area contributed by atoms with Gasteiger partial charge in [-0.1, -0.05) is 6.07 Å². The maximum Gasteiger partial charge on any atom is 0.251 e. The third-order valence-electron chi connectivity index (χ3n) is 5.33. The van der Waals surface area contributed by atoms with Crippen molar-refractivity contribution < 1.29 is 22.4 Å². The molecule has 154 valence electrons. The monoisotopic (exact) mass is 417 g/mol. The van der Waals surface area contributed by atoms with Crippen LogP contribution in [0.15, 0.2) is 47.1 Å². The zero-order valence-electron chi connectivity index (χ0n) is 15.9. The van der Waals surface area contributed by atoms with Crippen LogP contribution in [0.5, 0.6) is 0 Å². The van der Waals surface area contributed by atoms with Crippen molar-refractivity contribution in [1.29, 1.82) is 0 Å². The van der Waals surface area contributed by atoms with Crippen molar-refractivity contribution in [3.63, 3.8) is 0 Å². The van der Waals surface area contributed by atoms with E-state index in [0.717, 1.165) is 36.0 Å². The zero-order chi connectivity index (χ0) is 20.4. The first-order valence-electron chi connectivity index (χ1n) is 9.67. The molecule has 8 nitrogen and oxygen atoms in total. The number of benzene rings is 1. The molecule has 0 aliphatic carbocycles. The first kappa shape index (κ1) is 19.7. The maximum atomic E-state index is 12.7. The fourth-order valence-corrected chi connectivity index (χ4v) is 5.33. The smallest absolute Gasteiger partial charge is 0.251 e. The molecular weight excluding hydrogens is 394 g/mol. The summed E-state index contributed by atoms with van der Waals surface area (Å²) in [6.45, 7) is 2.27. The van der Waals surface area contributed by atoms with Gasteiger partial charge >= 0.3 is 0 Å². The van der Waals surface area contributed by atoms with Crippen molar-refractivity contribution >= 4 is 27.5 Å². The Hall–Kier alpha value is -2.65. The third kappa shape index (κ3) is 4.06. The SMILES string of the molecule is O=C(NC[C@@H](c1ccco1)N1CCCC1)c1cccc(N2C(=O)CCS2(=O)=O)c1. The molecule has 3 heterocycles. The highest BCUT2D eigenvalue weighted by Gasteiger charge is 2.36. The van der Waals surface area contributed by atoms with E-state index in [1.165, 1.54) is 12.1 Å². The van der Waals surface area contributed by atoms with E-state index in [1.807, 2.05) is 12.1 Å². The minimum absolute atomic E-state index is 0.0422. The first-order valence-corrected chi connectivity index (χ1v) is 11.3. The van der Waals surface area contributed by atoms with Gasteiger partial charge in [0.15, 0.2) is 0 Å². The fourth-order valence-electron chi connectivity index (χ4n) is 3.88. The Morgan fingerprint density at radius 3 is 2.62 bits per heavy atom. The Morgan fingerprint density at radius 2 is 1.97 bits per heavy atom. The number of carbonyl (C=O) groups excluding carboxylic acids is 2. The van der Waals surface area contributed by atoms with Crippen LogP contribution >= 0.6 is 0 Å². The molecule has 1 aromatic heterocycles. The number of furan rings is 1. The molecule has 2 aliphatic rings. The Kier molecular flexibility index (Phi) is 5.42. The van der Waals surface area contributed by atoms with Gasteiger partial charge in [-0.15, -0.1) is 0 Å². The molecule has 0 unspecified atom stereocenters. The van der Waals surface area contributed by atoms with E-state index < -0.39 is 15.9 Å². The molecule has 1 atom stereocenters. The third-order valence-corrected chi connectivity index (χ3v) is 7.02. The normalized spacial score (nSPS) is 20.1. The summed E-state index contributed by atoms with van der Waals surface area (Å²) in [4.78, 5) is 27.0. The molecule has 29 heavy (non-hydrogen) atoms. The van der Waals surface area contributed by atoms with E-state index in [9.17, 15) is 18.0 Å². The van der Waals surface area contributed by atoms with Gasteiger partial charge in [0.05, 0.1) is 23.7 Å². The Morgan fingerprint density at radius 1 is 1.17 bits per heavy atom. The minimum Gasteiger partial charge on any atom is -0.468 e. The van der Waals surface area contributed by atoms with E-state index in [4.69, 9.17) is 4.42 Å². The van der Waals surface area contributed by atoms with Gasteiger partial charge in [0.2, 0.25) is 15.9 Å². The number of nitrogens with zero attached hydrogens (tertiary/aromatic N) is 2. The van der Waals surface area contributed by atoms with Gasteiger partial charge in [-0.3, -0.25) is 14.5 Å². The Labute approximate surface area is 169 Å². The van der Waals surface area contributed by atoms with Crippen molar-refractivity contribution in [2.45, 2.75) is 25.3 Å². The minimum atomic E-state index is -3.67. The van der Waals surface area contributed by atoms with Crippen LogP contribution in [0.3, 0.4) is 0 Å². The molecule has 2 fully saturated rings. The van der Waals surface area contributed by atoms with Crippen molar-refractivity contribution in [1.82, 2.24) is 10.2 Å². The highest BCUT2D eigenvalue weighted by molar-refractivity contribution is 7.94. The molecule has 1 N–H and O–H groups in total. The van der Waals surface area contributed by atoms with Crippen LogP contribution in [-0.4, -0.2) is 50.5 Å². The van der Waals surface area contributed by atoms with Crippen molar-refractivity contribution in [2.75, 3.05) is 29.7 Å². The van der Waals surface area contributed by atoms with Crippen LogP contribution < -0.4 is 9.62 Å². The van der Waals surface area contributed by atoms with Gasteiger partial charge < -0.3 is 9.73 Å². The van der Waals surface area contributed by atoms with Gasteiger partial charge in [-0.25, -0.2) is 12.7 Å². The van der Waals surface area contributed by atoms with E-state index in [1.54, 1.807) is 18.4 Å². The number of carbonyl (C=O) groups is 2. The van der Waals surface area contributed by atoms with Gasteiger partial charge in [0.1, 0.15) is 5.76 Å². The van der Waals surface area contributed by atoms with Crippen LogP contribution in [0.1, 0.15) is 41.4 Å². The molecule has 0 spiro atoms. The molecule has 9 heteroatoms. The molecule has 0 radical (unpaired) electrons. The Bertz CT molecular complexity index is 997. The van der Waals surface area contributed by atoms with Crippen LogP contribution in [0.4, 0.5) is 5.69 Å². The average Bonchev–Trinajstić information content (AvgIpc) is 3.45. The van der Waals surface area contributed by atoms with E-state index >= 15 is 0 Å². The number of nitrogens with one attached hydrogen (secondary N) is 1. The summed E-state index contributed by atoms with van der Waals surface area (Å²) in [5.41, 5.74) is 0.499. The predicted molar refractivity (Wildman–Crippen MR) is 107 cm³/mol. The van der Waals surface area contributed by atoms with Crippen molar-refractivity contribution in [2.24, 2.45) is 0 Å². The second-order valence-corrected chi connectivity index (χ2v) is 9.20. The van der Waals surface area contributed by atoms with Gasteiger partial charge in [0, 0.05) is 18.5 Å². The lowest BCUT2D eigenvalue weighted by Crippen LogP contribution is -2.36. The largest absolute Gasteiger partial charge is 0.468 e. The lowest BCUT2D eigenvalue weighted by Gasteiger charge is -2.26. The summed E-state index contributed by atoms with van der Waals surface area (Å²) < 4.78 is 30.6. The molecule has 1 aromatic carbocycles. The molecule has 2 saturated heterocycles. The number of rotatable bonds is 6. The molecule has 0 bridgehead atoms. The molecule has 2 aromatic rings. The van der Waals surface area contributed by atoms with Crippen LogP contribution in [0, 0.1) is 0 Å². The fraction of sp³-hybridized carbons (Fsp3) is 0.400. The number of likely N-dealkylation sites (tertiary alicyclic amines) is 1. The van der Waals surface area contributed by atoms with E-state index in [2.05, 4.69) is 10.2 Å². The summed E-state index contributed by atoms with van der Waals surface area (Å²) in [7, 11) is -3.67. The quantitative estimate of drug-likeness (QED) is 0.771. The molecular formula is C20H23N3O5S. The maximum absolute atomic E-state index is 12.7. The van der Waals surface area contributed by atoms with E-state index in [-0.39, 0.29) is 29.8 Å². The summed E-state index contributed by atoms with van der Waals surface area (Å²) in [6.07, 6.45) is 3.81. The lowest BCUT2D eigenvalue weighted by molar-refractivity contribution is -0.116. The van der Waals surface area contributed by atoms with Crippen LogP contribution in [-0.2, 0) is 14.8 Å². The number of anilines is 1. The van der Waals surface area contributed by atoms with Gasteiger partial charge in [0.25, 0.3) is 5.91 Å². The van der Waals surface area contributed by atoms with Crippen LogP contribution in [0.25, 0.3) is 0 Å². The Balaban J connectivity index is 1.49. The predicted octanol–water partition coefficient (Wildman–Crippen LogP) is 1.91. The van der Waals surface area contributed by atoms with E-state index in [0.29, 0.717) is 12.1 Å². The lowest BCUT2D eigenvalue weighted by atomic mass is 10.1. The summed E-state index contributed by atoms with van der Waals surface area (Å²) >= 11 is 0. The number of amides is 2. The number of hydrogen-bond donors (Lipinski definition) is 1. The van der Waals surface area contributed by atoms with Gasteiger partial charge in [-0.2, -0.15) is 0 Å². The van der Waals surface area contributed by atoms with Crippen molar-refractivity contribution in [3.05, 3.63) is 54.0 Å². The second kappa shape index (κ2) is 8.00. The average molecular weight is 417 g/mol. The molecule has 0 saturated carbocycles. The summed E-state index contributed by atoms with van der Waals surface area (Å²) in [6, 6.07) is 9.82. The topological polar surface area (TPSA) is 99.9 Å². The van der Waals surface area contributed by atoms with Crippen LogP contribution in [0.2, 0.25) is 0 Å². The number of sulfonamides is 1. The highest BCUT2D eigenvalue weighted by Crippen LogP contribution is 2.27. The molecule has 2 aliphatic heterocycles. The summed E-state index contributed by atoms with van der Waals surface area (Å²) in [5.74, 6) is -0.209. The molecule has 2 amide bonds. The standard InChI is InChI=1S/C20H23N3O5S/c24-19-8-12-29(26,27)23(19)16-6-3-5-15(13-16)20(25)21-14-17(18-7-4-11-28-18)22-9-1-2-10-22/h3-7,11,13,17H,1-2,8-10,12,14H2,(H,21,25)/t17-/m0/s1. The molecule has 4 rings (SSSR count).